The molecule has 5 heteroatoms. The highest BCUT2D eigenvalue weighted by atomic mass is 16.7. The van der Waals surface area contributed by atoms with Gasteiger partial charge in [0.15, 0.2) is 5.79 Å². The van der Waals surface area contributed by atoms with Gasteiger partial charge in [-0.1, -0.05) is 0 Å². The van der Waals surface area contributed by atoms with Crippen LogP contribution in [0.15, 0.2) is 0 Å². The number of carbonyl (C=O) groups excluding carboxylic acids is 1. The summed E-state index contributed by atoms with van der Waals surface area (Å²) in [6.07, 6.45) is 0.335. The number of carbonyl (C=O) groups is 1. The zero-order valence-electron chi connectivity index (χ0n) is 8.49. The fourth-order valence-electron chi connectivity index (χ4n) is 1.39. The van der Waals surface area contributed by atoms with Crippen molar-refractivity contribution in [2.45, 2.75) is 31.7 Å². The Bertz CT molecular complexity index is 205. The Morgan fingerprint density at radius 3 is 3.00 bits per heavy atom. The Kier molecular flexibility index (Phi) is 3.86. The molecule has 1 heterocycles. The summed E-state index contributed by atoms with van der Waals surface area (Å²) in [6, 6.07) is 0. The van der Waals surface area contributed by atoms with Gasteiger partial charge in [-0.15, -0.1) is 0 Å². The topological polar surface area (TPSA) is 65.0 Å². The van der Waals surface area contributed by atoms with Crippen molar-refractivity contribution in [1.82, 2.24) is 0 Å². The second-order valence-corrected chi connectivity index (χ2v) is 3.44. The lowest BCUT2D eigenvalue weighted by molar-refractivity contribution is -0.167. The van der Waals surface area contributed by atoms with E-state index in [4.69, 9.17) is 14.6 Å². The number of methoxy groups -OCH3 is 1. The number of aliphatic hydroxyl groups is 1. The predicted molar refractivity (Wildman–Crippen MR) is 47.6 cm³/mol. The van der Waals surface area contributed by atoms with Gasteiger partial charge in [-0.05, 0) is 6.92 Å². The number of aliphatic hydroxyl groups excluding tert-OH is 1. The normalized spacial score (nSPS) is 31.8. The van der Waals surface area contributed by atoms with Crippen LogP contribution in [-0.4, -0.2) is 43.3 Å². The summed E-state index contributed by atoms with van der Waals surface area (Å²) in [7, 11) is 1.34. The molecule has 0 radical (unpaired) electrons. The van der Waals surface area contributed by atoms with Crippen LogP contribution in [0.4, 0.5) is 0 Å². The highest BCUT2D eigenvalue weighted by Gasteiger charge is 2.37. The van der Waals surface area contributed by atoms with Crippen molar-refractivity contribution in [3.05, 3.63) is 0 Å². The van der Waals surface area contributed by atoms with Gasteiger partial charge >= 0.3 is 5.97 Å². The maximum Gasteiger partial charge on any atom is 0.308 e. The predicted octanol–water partition coefficient (Wildman–Crippen LogP) is 0.0635. The van der Waals surface area contributed by atoms with Gasteiger partial charge in [0.2, 0.25) is 0 Å². The third-order valence-corrected chi connectivity index (χ3v) is 2.18. The number of hydrogen-bond donors (Lipinski definition) is 1. The molecule has 1 fully saturated rings. The molecule has 2 atom stereocenters. The minimum Gasteiger partial charge on any atom is -0.469 e. The fourth-order valence-corrected chi connectivity index (χ4v) is 1.39. The molecular formula is C9H16O5. The first-order valence-corrected chi connectivity index (χ1v) is 4.59. The van der Waals surface area contributed by atoms with E-state index in [1.165, 1.54) is 7.11 Å². The number of rotatable bonds is 4. The highest BCUT2D eigenvalue weighted by molar-refractivity contribution is 5.69. The maximum atomic E-state index is 10.9. The zero-order valence-corrected chi connectivity index (χ0v) is 8.49. The van der Waals surface area contributed by atoms with Crippen LogP contribution in [0.2, 0.25) is 0 Å². The monoisotopic (exact) mass is 204 g/mol. The molecule has 1 rings (SSSR count). The first-order valence-electron chi connectivity index (χ1n) is 4.59. The third-order valence-electron chi connectivity index (χ3n) is 2.18. The molecule has 2 unspecified atom stereocenters. The zero-order chi connectivity index (χ0) is 10.6. The van der Waals surface area contributed by atoms with E-state index in [9.17, 15) is 4.79 Å². The largest absolute Gasteiger partial charge is 0.469 e. The second-order valence-electron chi connectivity index (χ2n) is 3.44. The van der Waals surface area contributed by atoms with E-state index in [1.807, 2.05) is 0 Å². The number of hydrogen-bond acceptors (Lipinski definition) is 5. The molecule has 0 aromatic rings. The molecule has 0 aliphatic carbocycles. The molecule has 1 N–H and O–H groups in total. The van der Waals surface area contributed by atoms with Crippen molar-refractivity contribution < 1.29 is 24.1 Å². The lowest BCUT2D eigenvalue weighted by Gasteiger charge is -2.21. The molecule has 5 nitrogen and oxygen atoms in total. The summed E-state index contributed by atoms with van der Waals surface area (Å²) in [5.41, 5.74) is 0. The van der Waals surface area contributed by atoms with Gasteiger partial charge in [0, 0.05) is 13.0 Å². The Morgan fingerprint density at radius 1 is 1.71 bits per heavy atom. The molecule has 0 spiro atoms. The van der Waals surface area contributed by atoms with E-state index in [2.05, 4.69) is 4.74 Å². The molecule has 1 saturated heterocycles. The standard InChI is InChI=1S/C9H16O5/c1-9(3-4-10)13-6-7(14-9)5-8(11)12-2/h7,10H,3-6H2,1-2H3. The fraction of sp³-hybridized carbons (Fsp3) is 0.889. The Labute approximate surface area is 82.9 Å². The second kappa shape index (κ2) is 4.72. The quantitative estimate of drug-likeness (QED) is 0.656. The molecular weight excluding hydrogens is 188 g/mol. The van der Waals surface area contributed by atoms with Crippen LogP contribution in [0.1, 0.15) is 19.8 Å². The van der Waals surface area contributed by atoms with Crippen LogP contribution < -0.4 is 0 Å². The molecule has 0 bridgehead atoms. The van der Waals surface area contributed by atoms with E-state index < -0.39 is 5.79 Å². The summed E-state index contributed by atoms with van der Waals surface area (Å²) in [5, 5.41) is 8.75. The van der Waals surface area contributed by atoms with Gasteiger partial charge in [-0.2, -0.15) is 0 Å². The van der Waals surface area contributed by atoms with Crippen LogP contribution in [0, 0.1) is 0 Å². The summed E-state index contributed by atoms with van der Waals surface area (Å²) in [5.74, 6) is -1.07. The van der Waals surface area contributed by atoms with Crippen molar-refractivity contribution in [1.29, 1.82) is 0 Å². The van der Waals surface area contributed by atoms with Gasteiger partial charge in [-0.25, -0.2) is 0 Å². The van der Waals surface area contributed by atoms with Crippen LogP contribution in [0.25, 0.3) is 0 Å². The molecule has 0 aromatic heterocycles. The van der Waals surface area contributed by atoms with Crippen LogP contribution >= 0.6 is 0 Å². The van der Waals surface area contributed by atoms with Crippen molar-refractivity contribution in [3.63, 3.8) is 0 Å². The average molecular weight is 204 g/mol. The summed E-state index contributed by atoms with van der Waals surface area (Å²) in [6.45, 7) is 2.12. The van der Waals surface area contributed by atoms with E-state index in [0.717, 1.165) is 0 Å². The van der Waals surface area contributed by atoms with E-state index >= 15 is 0 Å². The van der Waals surface area contributed by atoms with Crippen molar-refractivity contribution in [3.8, 4) is 0 Å². The molecule has 82 valence electrons. The smallest absolute Gasteiger partial charge is 0.308 e. The average Bonchev–Trinajstić information content (AvgIpc) is 2.48. The first-order chi connectivity index (χ1) is 6.59. The molecule has 14 heavy (non-hydrogen) atoms. The van der Waals surface area contributed by atoms with E-state index in [-0.39, 0.29) is 25.1 Å². The first kappa shape index (κ1) is 11.4. The summed E-state index contributed by atoms with van der Waals surface area (Å²) in [4.78, 5) is 10.9. The van der Waals surface area contributed by atoms with E-state index in [0.29, 0.717) is 13.0 Å². The lowest BCUT2D eigenvalue weighted by Crippen LogP contribution is -2.28. The van der Waals surface area contributed by atoms with Crippen LogP contribution in [0.3, 0.4) is 0 Å². The molecule has 1 aliphatic rings. The van der Waals surface area contributed by atoms with Gasteiger partial charge < -0.3 is 19.3 Å². The maximum absolute atomic E-state index is 10.9. The number of esters is 1. The summed E-state index contributed by atoms with van der Waals surface area (Å²) >= 11 is 0. The van der Waals surface area contributed by atoms with Crippen molar-refractivity contribution in [2.75, 3.05) is 20.3 Å². The van der Waals surface area contributed by atoms with Crippen molar-refractivity contribution >= 4 is 5.97 Å². The SMILES string of the molecule is COC(=O)CC1COC(C)(CCO)O1. The minimum atomic E-state index is -0.757. The summed E-state index contributed by atoms with van der Waals surface area (Å²) < 4.78 is 15.3. The third kappa shape index (κ3) is 2.94. The highest BCUT2D eigenvalue weighted by Crippen LogP contribution is 2.27. The van der Waals surface area contributed by atoms with Gasteiger partial charge in [-0.3, -0.25) is 4.79 Å². The van der Waals surface area contributed by atoms with Crippen LogP contribution in [0.5, 0.6) is 0 Å². The molecule has 0 amide bonds. The minimum absolute atomic E-state index is 0.00143. The van der Waals surface area contributed by atoms with Gasteiger partial charge in [0.1, 0.15) is 0 Å². The Morgan fingerprint density at radius 2 is 2.43 bits per heavy atom. The van der Waals surface area contributed by atoms with Gasteiger partial charge in [0.25, 0.3) is 0 Å². The lowest BCUT2D eigenvalue weighted by atomic mass is 10.2. The molecule has 1 aliphatic heterocycles. The molecule has 0 saturated carbocycles. The van der Waals surface area contributed by atoms with Crippen molar-refractivity contribution in [2.24, 2.45) is 0 Å². The van der Waals surface area contributed by atoms with Crippen LogP contribution in [-0.2, 0) is 19.0 Å². The van der Waals surface area contributed by atoms with Gasteiger partial charge in [0.05, 0.1) is 26.2 Å². The Hall–Kier alpha value is -0.650. The Balaban J connectivity index is 2.36. The molecule has 0 aromatic carbocycles. The number of ether oxygens (including phenoxy) is 3. The van der Waals surface area contributed by atoms with E-state index in [1.54, 1.807) is 6.92 Å².